The summed E-state index contributed by atoms with van der Waals surface area (Å²) in [5, 5.41) is 5.93. The SMILES string of the molecule is CCCNC(=O)C1CCN(C(=O)NCc2ccc(N3CCN(C)CC3)nc2)CC1. The van der Waals surface area contributed by atoms with Crippen molar-refractivity contribution in [3.63, 3.8) is 0 Å². The molecular weight excluding hydrogens is 368 g/mol. The van der Waals surface area contributed by atoms with E-state index >= 15 is 0 Å². The largest absolute Gasteiger partial charge is 0.356 e. The van der Waals surface area contributed by atoms with Gasteiger partial charge in [0.1, 0.15) is 5.82 Å². The molecule has 0 aliphatic carbocycles. The number of likely N-dealkylation sites (tertiary alicyclic amines) is 1. The fraction of sp³-hybridized carbons (Fsp3) is 0.667. The van der Waals surface area contributed by atoms with Gasteiger partial charge in [-0.3, -0.25) is 4.79 Å². The summed E-state index contributed by atoms with van der Waals surface area (Å²) in [7, 11) is 2.14. The number of rotatable bonds is 6. The first-order chi connectivity index (χ1) is 14.1. The highest BCUT2D eigenvalue weighted by molar-refractivity contribution is 5.79. The third-order valence-electron chi connectivity index (χ3n) is 5.78. The molecule has 0 bridgehead atoms. The third-order valence-corrected chi connectivity index (χ3v) is 5.78. The Morgan fingerprint density at radius 2 is 1.79 bits per heavy atom. The predicted octanol–water partition coefficient (Wildman–Crippen LogP) is 1.28. The number of amides is 3. The van der Waals surface area contributed by atoms with Gasteiger partial charge < -0.3 is 25.3 Å². The molecule has 0 spiro atoms. The van der Waals surface area contributed by atoms with Crippen LogP contribution < -0.4 is 15.5 Å². The highest BCUT2D eigenvalue weighted by Gasteiger charge is 2.27. The van der Waals surface area contributed by atoms with Gasteiger partial charge in [-0.15, -0.1) is 0 Å². The van der Waals surface area contributed by atoms with Gasteiger partial charge in [-0.2, -0.15) is 0 Å². The van der Waals surface area contributed by atoms with Gasteiger partial charge in [0, 0.05) is 64.5 Å². The number of piperazine rings is 1. The number of hydrogen-bond donors (Lipinski definition) is 2. The summed E-state index contributed by atoms with van der Waals surface area (Å²) < 4.78 is 0. The molecule has 1 aromatic heterocycles. The Kier molecular flexibility index (Phi) is 7.69. The Bertz CT molecular complexity index is 664. The third kappa shape index (κ3) is 6.06. The van der Waals surface area contributed by atoms with Gasteiger partial charge in [0.25, 0.3) is 0 Å². The molecule has 2 N–H and O–H groups in total. The maximum absolute atomic E-state index is 12.4. The van der Waals surface area contributed by atoms with E-state index in [2.05, 4.69) is 32.5 Å². The van der Waals surface area contributed by atoms with Crippen LogP contribution in [0.15, 0.2) is 18.3 Å². The van der Waals surface area contributed by atoms with E-state index in [1.165, 1.54) is 0 Å². The topological polar surface area (TPSA) is 80.8 Å². The fourth-order valence-electron chi connectivity index (χ4n) is 3.77. The molecule has 2 fully saturated rings. The molecule has 8 nitrogen and oxygen atoms in total. The molecule has 0 aromatic carbocycles. The fourth-order valence-corrected chi connectivity index (χ4v) is 3.77. The molecule has 2 aliphatic heterocycles. The van der Waals surface area contributed by atoms with Crippen molar-refractivity contribution in [2.75, 3.05) is 57.8 Å². The summed E-state index contributed by atoms with van der Waals surface area (Å²) in [6.07, 6.45) is 4.24. The van der Waals surface area contributed by atoms with Crippen molar-refractivity contribution < 1.29 is 9.59 Å². The van der Waals surface area contributed by atoms with Crippen molar-refractivity contribution in [3.05, 3.63) is 23.9 Å². The van der Waals surface area contributed by atoms with E-state index in [1.807, 2.05) is 25.3 Å². The summed E-state index contributed by atoms with van der Waals surface area (Å²) in [4.78, 5) is 35.5. The van der Waals surface area contributed by atoms with Crippen molar-refractivity contribution in [1.82, 2.24) is 25.4 Å². The molecule has 3 amide bonds. The van der Waals surface area contributed by atoms with E-state index in [0.717, 1.165) is 63.4 Å². The maximum atomic E-state index is 12.4. The van der Waals surface area contributed by atoms with E-state index in [0.29, 0.717) is 19.6 Å². The van der Waals surface area contributed by atoms with Crippen LogP contribution in [0.2, 0.25) is 0 Å². The van der Waals surface area contributed by atoms with Gasteiger partial charge in [0.2, 0.25) is 5.91 Å². The molecule has 29 heavy (non-hydrogen) atoms. The quantitative estimate of drug-likeness (QED) is 0.749. The summed E-state index contributed by atoms with van der Waals surface area (Å²) in [6, 6.07) is 4.00. The zero-order valence-electron chi connectivity index (χ0n) is 17.7. The predicted molar refractivity (Wildman–Crippen MR) is 114 cm³/mol. The van der Waals surface area contributed by atoms with Gasteiger partial charge >= 0.3 is 6.03 Å². The van der Waals surface area contributed by atoms with Gasteiger partial charge in [0.15, 0.2) is 0 Å². The molecule has 1 aromatic rings. The molecule has 8 heteroatoms. The van der Waals surface area contributed by atoms with Crippen LogP contribution in [0.4, 0.5) is 10.6 Å². The van der Waals surface area contributed by atoms with Crippen LogP contribution in [0.1, 0.15) is 31.7 Å². The van der Waals surface area contributed by atoms with Crippen LogP contribution in [0, 0.1) is 5.92 Å². The number of pyridine rings is 1. The van der Waals surface area contributed by atoms with Crippen molar-refractivity contribution in [1.29, 1.82) is 0 Å². The number of hydrogen-bond acceptors (Lipinski definition) is 5. The van der Waals surface area contributed by atoms with Crippen molar-refractivity contribution >= 4 is 17.8 Å². The standard InChI is InChI=1S/C21H34N6O2/c1-3-8-22-20(28)18-6-9-27(10-7-18)21(29)24-16-17-4-5-19(23-15-17)26-13-11-25(2)12-14-26/h4-5,15,18H,3,6-14,16H2,1-2H3,(H,22,28)(H,24,29). The maximum Gasteiger partial charge on any atom is 0.317 e. The molecule has 3 heterocycles. The monoisotopic (exact) mass is 402 g/mol. The second-order valence-electron chi connectivity index (χ2n) is 8.03. The van der Waals surface area contributed by atoms with E-state index in [1.54, 1.807) is 4.90 Å². The van der Waals surface area contributed by atoms with Gasteiger partial charge in [0.05, 0.1) is 0 Å². The number of carbonyl (C=O) groups is 2. The summed E-state index contributed by atoms with van der Waals surface area (Å²) in [5.74, 6) is 1.15. The average molecular weight is 403 g/mol. The Balaban J connectivity index is 1.40. The molecule has 2 saturated heterocycles. The Labute approximate surface area is 173 Å². The molecule has 2 aliphatic rings. The van der Waals surface area contributed by atoms with Gasteiger partial charge in [-0.1, -0.05) is 13.0 Å². The van der Waals surface area contributed by atoms with Gasteiger partial charge in [-0.25, -0.2) is 9.78 Å². The zero-order valence-corrected chi connectivity index (χ0v) is 17.7. The van der Waals surface area contributed by atoms with Crippen LogP contribution in [-0.2, 0) is 11.3 Å². The number of aromatic nitrogens is 1. The molecule has 160 valence electrons. The first-order valence-electron chi connectivity index (χ1n) is 10.8. The zero-order chi connectivity index (χ0) is 20.6. The Morgan fingerprint density at radius 1 is 1.07 bits per heavy atom. The number of nitrogens with one attached hydrogen (secondary N) is 2. The molecule has 0 radical (unpaired) electrons. The van der Waals surface area contributed by atoms with E-state index in [9.17, 15) is 9.59 Å². The Morgan fingerprint density at radius 3 is 2.41 bits per heavy atom. The average Bonchev–Trinajstić information content (AvgIpc) is 2.77. The second kappa shape index (κ2) is 10.4. The lowest BCUT2D eigenvalue weighted by Crippen LogP contribution is -2.46. The number of anilines is 1. The lowest BCUT2D eigenvalue weighted by molar-refractivity contribution is -0.126. The van der Waals surface area contributed by atoms with Gasteiger partial charge in [-0.05, 0) is 37.9 Å². The highest BCUT2D eigenvalue weighted by Crippen LogP contribution is 2.18. The number of likely N-dealkylation sites (N-methyl/N-ethyl adjacent to an activating group) is 1. The highest BCUT2D eigenvalue weighted by atomic mass is 16.2. The minimum atomic E-state index is -0.0689. The van der Waals surface area contributed by atoms with Crippen molar-refractivity contribution in [2.24, 2.45) is 5.92 Å². The van der Waals surface area contributed by atoms with Crippen molar-refractivity contribution in [2.45, 2.75) is 32.7 Å². The smallest absolute Gasteiger partial charge is 0.317 e. The summed E-state index contributed by atoms with van der Waals surface area (Å²) >= 11 is 0. The van der Waals surface area contributed by atoms with Crippen LogP contribution in [0.5, 0.6) is 0 Å². The molecular formula is C21H34N6O2. The van der Waals surface area contributed by atoms with E-state index in [-0.39, 0.29) is 17.9 Å². The first-order valence-corrected chi connectivity index (χ1v) is 10.8. The van der Waals surface area contributed by atoms with E-state index < -0.39 is 0 Å². The summed E-state index contributed by atoms with van der Waals surface area (Å²) in [6.45, 7) is 8.56. The number of piperidine rings is 1. The summed E-state index contributed by atoms with van der Waals surface area (Å²) in [5.41, 5.74) is 0.991. The lowest BCUT2D eigenvalue weighted by atomic mass is 9.96. The van der Waals surface area contributed by atoms with Crippen LogP contribution >= 0.6 is 0 Å². The van der Waals surface area contributed by atoms with Crippen LogP contribution in [0.25, 0.3) is 0 Å². The molecule has 0 unspecified atom stereocenters. The Hall–Kier alpha value is -2.35. The van der Waals surface area contributed by atoms with Crippen LogP contribution in [0.3, 0.4) is 0 Å². The first kappa shape index (κ1) is 21.4. The van der Waals surface area contributed by atoms with Crippen LogP contribution in [-0.4, -0.2) is 79.6 Å². The molecule has 0 atom stereocenters. The minimum Gasteiger partial charge on any atom is -0.356 e. The lowest BCUT2D eigenvalue weighted by Gasteiger charge is -2.33. The number of carbonyl (C=O) groups excluding carboxylic acids is 2. The molecule has 3 rings (SSSR count). The van der Waals surface area contributed by atoms with E-state index in [4.69, 9.17) is 0 Å². The normalized spacial score (nSPS) is 18.6. The minimum absolute atomic E-state index is 0.0249. The molecule has 0 saturated carbocycles. The number of urea groups is 1. The number of nitrogens with zero attached hydrogens (tertiary/aromatic N) is 4. The van der Waals surface area contributed by atoms with Crippen molar-refractivity contribution in [3.8, 4) is 0 Å². The second-order valence-corrected chi connectivity index (χ2v) is 8.03.